The van der Waals surface area contributed by atoms with E-state index in [4.69, 9.17) is 10.5 Å². The highest BCUT2D eigenvalue weighted by molar-refractivity contribution is 4.96. The van der Waals surface area contributed by atoms with Gasteiger partial charge in [0.05, 0.1) is 5.60 Å². The van der Waals surface area contributed by atoms with Gasteiger partial charge in [0.1, 0.15) is 0 Å². The van der Waals surface area contributed by atoms with E-state index in [1.165, 1.54) is 57.8 Å². The molecule has 17 heavy (non-hydrogen) atoms. The fourth-order valence-electron chi connectivity index (χ4n) is 4.50. The van der Waals surface area contributed by atoms with Crippen molar-refractivity contribution in [2.75, 3.05) is 13.2 Å². The summed E-state index contributed by atoms with van der Waals surface area (Å²) in [5.41, 5.74) is 6.30. The molecule has 0 amide bonds. The molecule has 0 aromatic heterocycles. The average Bonchev–Trinajstić information content (AvgIpc) is 2.37. The summed E-state index contributed by atoms with van der Waals surface area (Å²) in [7, 11) is 0. The highest BCUT2D eigenvalue weighted by Gasteiger charge is 2.45. The second kappa shape index (κ2) is 4.89. The molecule has 0 aromatic rings. The standard InChI is InChI=1S/C15H27NO/c16-11-13-4-1-2-5-14(13)12-6-9-17-15(10-12)7-3-8-15/h12-14H,1-11,16H2. The van der Waals surface area contributed by atoms with Crippen LogP contribution in [0.5, 0.6) is 0 Å². The average molecular weight is 237 g/mol. The molecule has 1 heterocycles. The van der Waals surface area contributed by atoms with E-state index in [-0.39, 0.29) is 0 Å². The molecule has 3 aliphatic rings. The van der Waals surface area contributed by atoms with Gasteiger partial charge in [-0.3, -0.25) is 0 Å². The van der Waals surface area contributed by atoms with Crippen LogP contribution in [0.4, 0.5) is 0 Å². The Morgan fingerprint density at radius 3 is 2.59 bits per heavy atom. The molecular formula is C15H27NO. The van der Waals surface area contributed by atoms with Gasteiger partial charge in [0.2, 0.25) is 0 Å². The van der Waals surface area contributed by atoms with Gasteiger partial charge in [-0.25, -0.2) is 0 Å². The maximum atomic E-state index is 6.06. The van der Waals surface area contributed by atoms with Gasteiger partial charge in [-0.2, -0.15) is 0 Å². The third kappa shape index (κ3) is 2.26. The number of ether oxygens (including phenoxy) is 1. The molecule has 2 N–H and O–H groups in total. The van der Waals surface area contributed by atoms with Gasteiger partial charge in [-0.05, 0) is 69.2 Å². The second-order valence-corrected chi connectivity index (χ2v) is 6.58. The zero-order valence-corrected chi connectivity index (χ0v) is 11.0. The molecule has 2 saturated carbocycles. The maximum absolute atomic E-state index is 6.06. The van der Waals surface area contributed by atoms with Gasteiger partial charge >= 0.3 is 0 Å². The number of hydrogen-bond donors (Lipinski definition) is 1. The summed E-state index contributed by atoms with van der Waals surface area (Å²) in [6.07, 6.45) is 12.3. The molecule has 2 nitrogen and oxygen atoms in total. The maximum Gasteiger partial charge on any atom is 0.0685 e. The fourth-order valence-corrected chi connectivity index (χ4v) is 4.50. The minimum Gasteiger partial charge on any atom is -0.375 e. The van der Waals surface area contributed by atoms with Crippen LogP contribution in [0.2, 0.25) is 0 Å². The third-order valence-corrected chi connectivity index (χ3v) is 5.67. The molecule has 3 unspecified atom stereocenters. The van der Waals surface area contributed by atoms with Crippen LogP contribution in [0, 0.1) is 17.8 Å². The monoisotopic (exact) mass is 237 g/mol. The first-order valence-corrected chi connectivity index (χ1v) is 7.67. The van der Waals surface area contributed by atoms with Crippen LogP contribution in [0.15, 0.2) is 0 Å². The first-order valence-electron chi connectivity index (χ1n) is 7.67. The molecule has 2 aliphatic carbocycles. The second-order valence-electron chi connectivity index (χ2n) is 6.58. The van der Waals surface area contributed by atoms with Crippen molar-refractivity contribution in [2.45, 2.75) is 63.4 Å². The predicted molar refractivity (Wildman–Crippen MR) is 69.8 cm³/mol. The molecule has 1 saturated heterocycles. The molecule has 1 spiro atoms. The highest BCUT2D eigenvalue weighted by Crippen LogP contribution is 2.49. The van der Waals surface area contributed by atoms with Crippen LogP contribution in [-0.2, 0) is 4.74 Å². The van der Waals surface area contributed by atoms with E-state index in [0.717, 1.165) is 30.9 Å². The summed E-state index contributed by atoms with van der Waals surface area (Å²) in [6.45, 7) is 1.92. The first kappa shape index (κ1) is 12.0. The molecule has 0 radical (unpaired) electrons. The Labute approximate surface area is 105 Å². The number of hydrogen-bond acceptors (Lipinski definition) is 2. The third-order valence-electron chi connectivity index (χ3n) is 5.67. The lowest BCUT2D eigenvalue weighted by Gasteiger charge is -2.50. The summed E-state index contributed by atoms with van der Waals surface area (Å²) < 4.78 is 6.06. The minimum atomic E-state index is 0.319. The van der Waals surface area contributed by atoms with E-state index in [1.54, 1.807) is 0 Å². The summed E-state index contributed by atoms with van der Waals surface area (Å²) in [4.78, 5) is 0. The Bertz CT molecular complexity index is 262. The number of nitrogens with two attached hydrogens (primary N) is 1. The predicted octanol–water partition coefficient (Wildman–Crippen LogP) is 3.10. The van der Waals surface area contributed by atoms with Crippen LogP contribution < -0.4 is 5.73 Å². The van der Waals surface area contributed by atoms with Gasteiger partial charge in [0.15, 0.2) is 0 Å². The molecule has 0 aromatic carbocycles. The molecule has 3 fully saturated rings. The summed E-state index contributed by atoms with van der Waals surface area (Å²) in [5.74, 6) is 2.64. The van der Waals surface area contributed by atoms with E-state index in [0.29, 0.717) is 5.60 Å². The Morgan fingerprint density at radius 1 is 1.06 bits per heavy atom. The zero-order chi connectivity index (χ0) is 11.7. The summed E-state index contributed by atoms with van der Waals surface area (Å²) in [6, 6.07) is 0. The van der Waals surface area contributed by atoms with Gasteiger partial charge in [-0.1, -0.05) is 12.8 Å². The van der Waals surface area contributed by atoms with E-state index in [2.05, 4.69) is 0 Å². The van der Waals surface area contributed by atoms with Gasteiger partial charge < -0.3 is 10.5 Å². The Kier molecular flexibility index (Phi) is 3.45. The smallest absolute Gasteiger partial charge is 0.0685 e. The Hall–Kier alpha value is -0.0800. The lowest BCUT2D eigenvalue weighted by Crippen LogP contribution is -2.48. The van der Waals surface area contributed by atoms with Crippen molar-refractivity contribution in [1.29, 1.82) is 0 Å². The summed E-state index contributed by atoms with van der Waals surface area (Å²) >= 11 is 0. The normalized spacial score (nSPS) is 41.1. The van der Waals surface area contributed by atoms with Crippen molar-refractivity contribution in [2.24, 2.45) is 23.5 Å². The zero-order valence-electron chi connectivity index (χ0n) is 11.0. The molecular weight excluding hydrogens is 210 g/mol. The van der Waals surface area contributed by atoms with Crippen LogP contribution in [0.25, 0.3) is 0 Å². The fraction of sp³-hybridized carbons (Fsp3) is 1.00. The van der Waals surface area contributed by atoms with Crippen molar-refractivity contribution in [1.82, 2.24) is 0 Å². The minimum absolute atomic E-state index is 0.319. The quantitative estimate of drug-likeness (QED) is 0.801. The van der Waals surface area contributed by atoms with Gasteiger partial charge in [-0.15, -0.1) is 0 Å². The van der Waals surface area contributed by atoms with E-state index >= 15 is 0 Å². The van der Waals surface area contributed by atoms with E-state index < -0.39 is 0 Å². The summed E-state index contributed by atoms with van der Waals surface area (Å²) in [5, 5.41) is 0. The SMILES string of the molecule is NCC1CCCCC1C1CCOC2(CCC2)C1. The van der Waals surface area contributed by atoms with Crippen LogP contribution in [-0.4, -0.2) is 18.8 Å². The van der Waals surface area contributed by atoms with E-state index in [9.17, 15) is 0 Å². The lowest BCUT2D eigenvalue weighted by atomic mass is 9.64. The van der Waals surface area contributed by atoms with Crippen molar-refractivity contribution in [3.05, 3.63) is 0 Å². The molecule has 0 bridgehead atoms. The van der Waals surface area contributed by atoms with Gasteiger partial charge in [0.25, 0.3) is 0 Å². The Morgan fingerprint density at radius 2 is 1.88 bits per heavy atom. The molecule has 1 aliphatic heterocycles. The van der Waals surface area contributed by atoms with Crippen LogP contribution in [0.1, 0.15) is 57.8 Å². The number of rotatable bonds is 2. The molecule has 3 atom stereocenters. The first-order chi connectivity index (χ1) is 8.33. The van der Waals surface area contributed by atoms with Crippen LogP contribution in [0.3, 0.4) is 0 Å². The van der Waals surface area contributed by atoms with Crippen molar-refractivity contribution in [3.63, 3.8) is 0 Å². The van der Waals surface area contributed by atoms with E-state index in [1.807, 2.05) is 0 Å². The Balaban J connectivity index is 1.65. The topological polar surface area (TPSA) is 35.2 Å². The lowest BCUT2D eigenvalue weighted by molar-refractivity contribution is -0.154. The van der Waals surface area contributed by atoms with Crippen molar-refractivity contribution in [3.8, 4) is 0 Å². The van der Waals surface area contributed by atoms with Crippen LogP contribution >= 0.6 is 0 Å². The van der Waals surface area contributed by atoms with Crippen molar-refractivity contribution >= 4 is 0 Å². The molecule has 2 heteroatoms. The molecule has 98 valence electrons. The largest absolute Gasteiger partial charge is 0.375 e. The molecule has 3 rings (SSSR count). The van der Waals surface area contributed by atoms with Crippen molar-refractivity contribution < 1.29 is 4.74 Å². The van der Waals surface area contributed by atoms with Gasteiger partial charge in [0, 0.05) is 6.61 Å². The highest BCUT2D eigenvalue weighted by atomic mass is 16.5.